The van der Waals surface area contributed by atoms with Gasteiger partial charge in [0.2, 0.25) is 11.1 Å². The van der Waals surface area contributed by atoms with Crippen molar-refractivity contribution in [3.8, 4) is 0 Å². The van der Waals surface area contributed by atoms with Crippen molar-refractivity contribution in [3.05, 3.63) is 86.6 Å². The van der Waals surface area contributed by atoms with Crippen molar-refractivity contribution in [2.45, 2.75) is 32.7 Å². The molecule has 0 unspecified atom stereocenters. The molecule has 0 saturated heterocycles. The van der Waals surface area contributed by atoms with Gasteiger partial charge in [-0.15, -0.1) is 0 Å². The highest BCUT2D eigenvalue weighted by Gasteiger charge is 2.17. The van der Waals surface area contributed by atoms with E-state index in [-0.39, 0.29) is 22.1 Å². The molecular weight excluding hydrogens is 340 g/mol. The molecule has 2 aromatic carbocycles. The fraction of sp³-hybridized carbons (Fsp3) is 0.227. The quantitative estimate of drug-likeness (QED) is 0.509. The highest BCUT2D eigenvalue weighted by Crippen LogP contribution is 2.16. The van der Waals surface area contributed by atoms with Gasteiger partial charge in [-0.25, -0.2) is 0 Å². The van der Waals surface area contributed by atoms with E-state index in [4.69, 9.17) is 4.42 Å². The van der Waals surface area contributed by atoms with Crippen LogP contribution in [0.1, 0.15) is 24.7 Å². The SMILES string of the molecule is CCCc1nc2oc3ccccc3c(=O)c2c(=O)n1CCc1ccccc1. The third-order valence-corrected chi connectivity index (χ3v) is 4.72. The lowest BCUT2D eigenvalue weighted by atomic mass is 10.1. The van der Waals surface area contributed by atoms with Gasteiger partial charge in [-0.05, 0) is 30.5 Å². The number of hydrogen-bond acceptors (Lipinski definition) is 4. The van der Waals surface area contributed by atoms with E-state index in [9.17, 15) is 9.59 Å². The molecule has 0 amide bonds. The summed E-state index contributed by atoms with van der Waals surface area (Å²) in [6, 6.07) is 16.9. The fourth-order valence-corrected chi connectivity index (χ4v) is 3.36. The van der Waals surface area contributed by atoms with E-state index in [2.05, 4.69) is 4.98 Å². The van der Waals surface area contributed by atoms with Gasteiger partial charge in [-0.2, -0.15) is 4.98 Å². The van der Waals surface area contributed by atoms with Crippen molar-refractivity contribution in [2.75, 3.05) is 0 Å². The molecule has 0 fully saturated rings. The maximum atomic E-state index is 13.2. The Morgan fingerprint density at radius 2 is 1.70 bits per heavy atom. The molecule has 0 atom stereocenters. The summed E-state index contributed by atoms with van der Waals surface area (Å²) in [5.74, 6) is 0.657. The van der Waals surface area contributed by atoms with Crippen LogP contribution in [0, 0.1) is 0 Å². The van der Waals surface area contributed by atoms with Crippen molar-refractivity contribution in [2.24, 2.45) is 0 Å². The Bertz CT molecular complexity index is 1220. The van der Waals surface area contributed by atoms with Crippen LogP contribution in [0.25, 0.3) is 22.1 Å². The van der Waals surface area contributed by atoms with Crippen LogP contribution in [-0.2, 0) is 19.4 Å². The van der Waals surface area contributed by atoms with Crippen molar-refractivity contribution in [3.63, 3.8) is 0 Å². The van der Waals surface area contributed by atoms with Crippen molar-refractivity contribution < 1.29 is 4.42 Å². The van der Waals surface area contributed by atoms with Crippen molar-refractivity contribution >= 4 is 22.1 Å². The van der Waals surface area contributed by atoms with Crippen LogP contribution < -0.4 is 11.0 Å². The predicted octanol–water partition coefficient (Wildman–Crippen LogP) is 3.70. The average molecular weight is 360 g/mol. The number of benzene rings is 2. The van der Waals surface area contributed by atoms with E-state index >= 15 is 0 Å². The van der Waals surface area contributed by atoms with Gasteiger partial charge in [0.05, 0.1) is 5.39 Å². The molecule has 5 heteroatoms. The number of rotatable bonds is 5. The molecule has 2 aromatic heterocycles. The van der Waals surface area contributed by atoms with Gasteiger partial charge in [-0.3, -0.25) is 14.2 Å². The van der Waals surface area contributed by atoms with Crippen molar-refractivity contribution in [1.29, 1.82) is 0 Å². The van der Waals surface area contributed by atoms with Gasteiger partial charge in [-0.1, -0.05) is 49.4 Å². The molecule has 4 aromatic rings. The first kappa shape index (κ1) is 17.2. The van der Waals surface area contributed by atoms with Gasteiger partial charge in [0.15, 0.2) is 5.39 Å². The minimum absolute atomic E-state index is 0.0293. The van der Waals surface area contributed by atoms with Gasteiger partial charge in [0, 0.05) is 13.0 Å². The van der Waals surface area contributed by atoms with E-state index < -0.39 is 0 Å². The standard InChI is InChI=1S/C22H20N2O3/c1-2-8-18-23-21-19(20(25)16-11-6-7-12-17(16)27-21)22(26)24(18)14-13-15-9-4-3-5-10-15/h3-7,9-12H,2,8,13-14H2,1H3. The Hall–Kier alpha value is -3.21. The van der Waals surface area contributed by atoms with Crippen LogP contribution in [0.2, 0.25) is 0 Å². The molecule has 0 bridgehead atoms. The van der Waals surface area contributed by atoms with Gasteiger partial charge < -0.3 is 4.42 Å². The molecule has 27 heavy (non-hydrogen) atoms. The van der Waals surface area contributed by atoms with Crippen LogP contribution in [0.15, 0.2) is 68.6 Å². The molecule has 0 spiro atoms. The topological polar surface area (TPSA) is 65.1 Å². The van der Waals surface area contributed by atoms with E-state index in [1.165, 1.54) is 0 Å². The molecule has 0 aliphatic heterocycles. The van der Waals surface area contributed by atoms with Gasteiger partial charge in [0.1, 0.15) is 11.4 Å². The van der Waals surface area contributed by atoms with E-state index in [1.54, 1.807) is 28.8 Å². The van der Waals surface area contributed by atoms with E-state index in [1.807, 2.05) is 37.3 Å². The minimum atomic E-state index is -0.320. The zero-order chi connectivity index (χ0) is 18.8. The molecule has 4 rings (SSSR count). The molecule has 0 saturated carbocycles. The van der Waals surface area contributed by atoms with Gasteiger partial charge in [0.25, 0.3) is 5.56 Å². The van der Waals surface area contributed by atoms with Crippen molar-refractivity contribution in [1.82, 2.24) is 9.55 Å². The van der Waals surface area contributed by atoms with E-state index in [0.717, 1.165) is 12.0 Å². The predicted molar refractivity (Wildman–Crippen MR) is 106 cm³/mol. The fourth-order valence-electron chi connectivity index (χ4n) is 3.36. The van der Waals surface area contributed by atoms with Crippen LogP contribution >= 0.6 is 0 Å². The number of hydrogen-bond donors (Lipinski definition) is 0. The molecule has 0 N–H and O–H groups in total. The van der Waals surface area contributed by atoms with Crippen LogP contribution in [0.5, 0.6) is 0 Å². The summed E-state index contributed by atoms with van der Waals surface area (Å²) < 4.78 is 7.42. The highest BCUT2D eigenvalue weighted by atomic mass is 16.3. The largest absolute Gasteiger partial charge is 0.437 e. The second kappa shape index (κ2) is 7.19. The van der Waals surface area contributed by atoms with Crippen LogP contribution in [0.3, 0.4) is 0 Å². The first-order valence-electron chi connectivity index (χ1n) is 9.18. The first-order chi connectivity index (χ1) is 13.2. The number of aromatic nitrogens is 2. The molecule has 136 valence electrons. The zero-order valence-electron chi connectivity index (χ0n) is 15.1. The number of nitrogens with zero attached hydrogens (tertiary/aromatic N) is 2. The second-order valence-corrected chi connectivity index (χ2v) is 6.58. The maximum absolute atomic E-state index is 13.2. The Morgan fingerprint density at radius 3 is 2.48 bits per heavy atom. The Kier molecular flexibility index (Phi) is 4.59. The van der Waals surface area contributed by atoms with Crippen LogP contribution in [-0.4, -0.2) is 9.55 Å². The smallest absolute Gasteiger partial charge is 0.268 e. The molecule has 0 aliphatic carbocycles. The molecule has 2 heterocycles. The molecule has 0 aliphatic rings. The Balaban J connectivity index is 1.91. The number of para-hydroxylation sites is 1. The van der Waals surface area contributed by atoms with Crippen LogP contribution in [0.4, 0.5) is 0 Å². The van der Waals surface area contributed by atoms with Gasteiger partial charge >= 0.3 is 0 Å². The Labute approximate surface area is 155 Å². The summed E-state index contributed by atoms with van der Waals surface area (Å²) in [6.07, 6.45) is 2.20. The number of fused-ring (bicyclic) bond motifs is 2. The molecule has 0 radical (unpaired) electrons. The summed E-state index contributed by atoms with van der Waals surface area (Å²) in [4.78, 5) is 30.6. The second-order valence-electron chi connectivity index (χ2n) is 6.58. The lowest BCUT2D eigenvalue weighted by Crippen LogP contribution is -2.29. The van der Waals surface area contributed by atoms with E-state index in [0.29, 0.717) is 36.2 Å². The highest BCUT2D eigenvalue weighted by molar-refractivity contribution is 5.87. The summed E-state index contributed by atoms with van der Waals surface area (Å²) in [5, 5.41) is 0.434. The number of aryl methyl sites for hydroxylation is 2. The molecular formula is C22H20N2O3. The summed E-state index contributed by atoms with van der Waals surface area (Å²) in [6.45, 7) is 2.52. The zero-order valence-corrected chi connectivity index (χ0v) is 15.1. The normalized spacial score (nSPS) is 11.3. The lowest BCUT2D eigenvalue weighted by Gasteiger charge is -2.13. The summed E-state index contributed by atoms with van der Waals surface area (Å²) in [7, 11) is 0. The maximum Gasteiger partial charge on any atom is 0.268 e. The third-order valence-electron chi connectivity index (χ3n) is 4.72. The third kappa shape index (κ3) is 3.16. The summed E-state index contributed by atoms with van der Waals surface area (Å²) >= 11 is 0. The molecule has 5 nitrogen and oxygen atoms in total. The minimum Gasteiger partial charge on any atom is -0.437 e. The lowest BCUT2D eigenvalue weighted by molar-refractivity contribution is 0.584. The first-order valence-corrected chi connectivity index (χ1v) is 9.18. The average Bonchev–Trinajstić information content (AvgIpc) is 2.68. The monoisotopic (exact) mass is 360 g/mol. The Morgan fingerprint density at radius 1 is 0.963 bits per heavy atom. The summed E-state index contributed by atoms with van der Waals surface area (Å²) in [5.41, 5.74) is 1.08.